The highest BCUT2D eigenvalue weighted by Gasteiger charge is 2.30. The fraction of sp³-hybridized carbons (Fsp3) is 0.444. The Labute approximate surface area is 139 Å². The zero-order valence-electron chi connectivity index (χ0n) is 13.9. The number of aryl methyl sites for hydroxylation is 1. The molecule has 0 radical (unpaired) electrons. The molecule has 1 fully saturated rings. The third-order valence-electron chi connectivity index (χ3n) is 4.47. The molecule has 2 heterocycles. The molecule has 0 N–H and O–H groups in total. The van der Waals surface area contributed by atoms with Crippen LogP contribution in [0.1, 0.15) is 22.5 Å². The predicted molar refractivity (Wildman–Crippen MR) is 86.3 cm³/mol. The van der Waals surface area contributed by atoms with Crippen LogP contribution in [0.25, 0.3) is 5.69 Å². The van der Waals surface area contributed by atoms with E-state index in [-0.39, 0.29) is 0 Å². The largest absolute Gasteiger partial charge is 0.416 e. The topological polar surface area (TPSA) is 17.4 Å². The van der Waals surface area contributed by atoms with Crippen LogP contribution >= 0.6 is 0 Å². The first-order valence-corrected chi connectivity index (χ1v) is 8.02. The normalized spacial score (nSPS) is 16.5. The van der Waals surface area contributed by atoms with Gasteiger partial charge in [0.15, 0.2) is 0 Å². The Morgan fingerprint density at radius 1 is 1.08 bits per heavy atom. The number of nitrogens with zero attached hydrogens (tertiary/aromatic N) is 2. The minimum Gasteiger partial charge on any atom is -0.379 e. The van der Waals surface area contributed by atoms with Gasteiger partial charge in [-0.1, -0.05) is 6.07 Å². The van der Waals surface area contributed by atoms with Crippen molar-refractivity contribution >= 4 is 0 Å². The lowest BCUT2D eigenvalue weighted by Crippen LogP contribution is -2.35. The standard InChI is InChI=1S/C18H21F3N2O/c1-13-10-15(12-22-6-8-24-9-7-22)14(2)23(13)17-5-3-4-16(11-17)18(19,20)21/h3-5,10-11H,6-9,12H2,1-2H3. The summed E-state index contributed by atoms with van der Waals surface area (Å²) in [6.45, 7) is 7.90. The molecule has 0 spiro atoms. The van der Waals surface area contributed by atoms with Crippen molar-refractivity contribution in [3.05, 3.63) is 52.8 Å². The maximum Gasteiger partial charge on any atom is 0.416 e. The van der Waals surface area contributed by atoms with E-state index in [0.717, 1.165) is 55.9 Å². The molecule has 3 rings (SSSR count). The van der Waals surface area contributed by atoms with Crippen LogP contribution < -0.4 is 0 Å². The van der Waals surface area contributed by atoms with Crippen LogP contribution in [0.5, 0.6) is 0 Å². The van der Waals surface area contributed by atoms with Crippen molar-refractivity contribution in [2.75, 3.05) is 26.3 Å². The maximum absolute atomic E-state index is 13.0. The number of halogens is 3. The molecule has 2 aromatic rings. The number of rotatable bonds is 3. The molecule has 1 aliphatic rings. The molecule has 1 aliphatic heterocycles. The van der Waals surface area contributed by atoms with Gasteiger partial charge in [0.2, 0.25) is 0 Å². The Morgan fingerprint density at radius 3 is 2.46 bits per heavy atom. The van der Waals surface area contributed by atoms with Crippen molar-refractivity contribution in [2.45, 2.75) is 26.6 Å². The molecule has 0 amide bonds. The van der Waals surface area contributed by atoms with Crippen LogP contribution in [0, 0.1) is 13.8 Å². The lowest BCUT2D eigenvalue weighted by Gasteiger charge is -2.26. The van der Waals surface area contributed by atoms with Gasteiger partial charge in [0, 0.05) is 36.7 Å². The fourth-order valence-electron chi connectivity index (χ4n) is 3.21. The molecule has 0 atom stereocenters. The number of alkyl halides is 3. The van der Waals surface area contributed by atoms with Crippen LogP contribution in [0.3, 0.4) is 0 Å². The molecular formula is C18H21F3N2O. The molecule has 0 saturated carbocycles. The minimum absolute atomic E-state index is 0.549. The maximum atomic E-state index is 13.0. The monoisotopic (exact) mass is 338 g/mol. The van der Waals surface area contributed by atoms with Gasteiger partial charge < -0.3 is 9.30 Å². The van der Waals surface area contributed by atoms with Gasteiger partial charge in [-0.2, -0.15) is 13.2 Å². The van der Waals surface area contributed by atoms with Gasteiger partial charge in [-0.15, -0.1) is 0 Å². The van der Waals surface area contributed by atoms with E-state index in [4.69, 9.17) is 4.74 Å². The summed E-state index contributed by atoms with van der Waals surface area (Å²) >= 11 is 0. The molecule has 0 unspecified atom stereocenters. The van der Waals surface area contributed by atoms with Gasteiger partial charge >= 0.3 is 6.18 Å². The van der Waals surface area contributed by atoms with Crippen molar-refractivity contribution in [1.29, 1.82) is 0 Å². The molecule has 1 saturated heterocycles. The first kappa shape index (κ1) is 17.0. The van der Waals surface area contributed by atoms with Crippen LogP contribution in [0.4, 0.5) is 13.2 Å². The average Bonchev–Trinajstić information content (AvgIpc) is 2.82. The van der Waals surface area contributed by atoms with E-state index in [1.807, 2.05) is 18.4 Å². The highest BCUT2D eigenvalue weighted by atomic mass is 19.4. The summed E-state index contributed by atoms with van der Waals surface area (Å²) in [5, 5.41) is 0. The van der Waals surface area contributed by atoms with E-state index >= 15 is 0 Å². The SMILES string of the molecule is Cc1cc(CN2CCOCC2)c(C)n1-c1cccc(C(F)(F)F)c1. The summed E-state index contributed by atoms with van der Waals surface area (Å²) in [5.74, 6) is 0. The lowest BCUT2D eigenvalue weighted by molar-refractivity contribution is -0.137. The smallest absolute Gasteiger partial charge is 0.379 e. The second-order valence-electron chi connectivity index (χ2n) is 6.17. The lowest BCUT2D eigenvalue weighted by atomic mass is 10.2. The van der Waals surface area contributed by atoms with Crippen molar-refractivity contribution < 1.29 is 17.9 Å². The fourth-order valence-corrected chi connectivity index (χ4v) is 3.21. The number of aromatic nitrogens is 1. The molecule has 1 aromatic carbocycles. The highest BCUT2D eigenvalue weighted by molar-refractivity contribution is 5.43. The average molecular weight is 338 g/mol. The van der Waals surface area contributed by atoms with E-state index < -0.39 is 11.7 Å². The first-order chi connectivity index (χ1) is 11.4. The highest BCUT2D eigenvalue weighted by Crippen LogP contribution is 2.31. The summed E-state index contributed by atoms with van der Waals surface area (Å²) in [6.07, 6.45) is -4.33. The Hall–Kier alpha value is -1.79. The zero-order chi connectivity index (χ0) is 17.3. The first-order valence-electron chi connectivity index (χ1n) is 8.02. The molecule has 6 heteroatoms. The van der Waals surface area contributed by atoms with E-state index in [9.17, 15) is 13.2 Å². The molecular weight excluding hydrogens is 317 g/mol. The van der Waals surface area contributed by atoms with E-state index in [0.29, 0.717) is 5.69 Å². The van der Waals surface area contributed by atoms with Crippen LogP contribution in [-0.4, -0.2) is 35.8 Å². The Morgan fingerprint density at radius 2 is 1.79 bits per heavy atom. The molecule has 24 heavy (non-hydrogen) atoms. The van der Waals surface area contributed by atoms with Gasteiger partial charge in [-0.3, -0.25) is 4.90 Å². The summed E-state index contributed by atoms with van der Waals surface area (Å²) in [5.41, 5.74) is 3.00. The second kappa shape index (κ2) is 6.61. The molecule has 130 valence electrons. The van der Waals surface area contributed by atoms with Gasteiger partial charge in [0.25, 0.3) is 0 Å². The molecule has 0 aliphatic carbocycles. The number of hydrogen-bond acceptors (Lipinski definition) is 2. The van der Waals surface area contributed by atoms with E-state index in [1.165, 1.54) is 12.1 Å². The zero-order valence-corrected chi connectivity index (χ0v) is 13.9. The summed E-state index contributed by atoms with van der Waals surface area (Å²) < 4.78 is 46.2. The predicted octanol–water partition coefficient (Wildman–Crippen LogP) is 3.95. The van der Waals surface area contributed by atoms with Crippen LogP contribution in [0.2, 0.25) is 0 Å². The Balaban J connectivity index is 1.91. The van der Waals surface area contributed by atoms with Crippen molar-refractivity contribution in [1.82, 2.24) is 9.47 Å². The van der Waals surface area contributed by atoms with Crippen molar-refractivity contribution in [2.24, 2.45) is 0 Å². The van der Waals surface area contributed by atoms with Gasteiger partial charge in [0.05, 0.1) is 18.8 Å². The molecule has 0 bridgehead atoms. The minimum atomic E-state index is -4.33. The third-order valence-corrected chi connectivity index (χ3v) is 4.47. The summed E-state index contributed by atoms with van der Waals surface area (Å²) in [7, 11) is 0. The summed E-state index contributed by atoms with van der Waals surface area (Å²) in [4.78, 5) is 2.31. The van der Waals surface area contributed by atoms with Crippen LogP contribution in [-0.2, 0) is 17.5 Å². The second-order valence-corrected chi connectivity index (χ2v) is 6.17. The van der Waals surface area contributed by atoms with E-state index in [2.05, 4.69) is 11.0 Å². The Kier molecular flexibility index (Phi) is 4.69. The quantitative estimate of drug-likeness (QED) is 0.843. The van der Waals surface area contributed by atoms with Crippen molar-refractivity contribution in [3.8, 4) is 5.69 Å². The molecule has 3 nitrogen and oxygen atoms in total. The third kappa shape index (κ3) is 3.49. The Bertz CT molecular complexity index is 716. The number of hydrogen-bond donors (Lipinski definition) is 0. The number of ether oxygens (including phenoxy) is 1. The van der Waals surface area contributed by atoms with Gasteiger partial charge in [0.1, 0.15) is 0 Å². The number of benzene rings is 1. The van der Waals surface area contributed by atoms with Crippen LogP contribution in [0.15, 0.2) is 30.3 Å². The van der Waals surface area contributed by atoms with E-state index in [1.54, 1.807) is 6.07 Å². The van der Waals surface area contributed by atoms with Gasteiger partial charge in [-0.25, -0.2) is 0 Å². The number of morpholine rings is 1. The van der Waals surface area contributed by atoms with Crippen molar-refractivity contribution in [3.63, 3.8) is 0 Å². The molecule has 1 aromatic heterocycles. The van der Waals surface area contributed by atoms with Gasteiger partial charge in [-0.05, 0) is 43.7 Å². The summed E-state index contributed by atoms with van der Waals surface area (Å²) in [6, 6.07) is 7.54.